The highest BCUT2D eigenvalue weighted by Crippen LogP contribution is 2.38. The van der Waals surface area contributed by atoms with Gasteiger partial charge in [0.05, 0.1) is 27.7 Å². The highest BCUT2D eigenvalue weighted by atomic mass is 31.2. The van der Waals surface area contributed by atoms with E-state index in [9.17, 15) is 14.3 Å². The van der Waals surface area contributed by atoms with Crippen molar-refractivity contribution in [3.8, 4) is 0 Å². The van der Waals surface area contributed by atoms with Gasteiger partial charge in [0.2, 0.25) is 0 Å². The molecule has 0 aromatic heterocycles. The number of Topliss-reactive ketones (excluding diaryl/α,β-unsaturated/α-hetero) is 1. The fraction of sp³-hybridized carbons (Fsp3) is 0.857. The van der Waals surface area contributed by atoms with Crippen molar-refractivity contribution < 1.29 is 27.8 Å². The van der Waals surface area contributed by atoms with Gasteiger partial charge in [-0.1, -0.05) is 57.9 Å². The van der Waals surface area contributed by atoms with Crippen molar-refractivity contribution in [1.29, 1.82) is 0 Å². The van der Waals surface area contributed by atoms with Crippen LogP contribution in [0.1, 0.15) is 77.6 Å². The van der Waals surface area contributed by atoms with E-state index in [1.807, 2.05) is 21.1 Å². The summed E-state index contributed by atoms with van der Waals surface area (Å²) in [7, 11) is 1.78. The van der Waals surface area contributed by atoms with E-state index in [1.165, 1.54) is 32.1 Å². The first-order valence-electron chi connectivity index (χ1n) is 10.6. The molecule has 0 aliphatic rings. The van der Waals surface area contributed by atoms with Gasteiger partial charge in [0.25, 0.3) is 7.82 Å². The molecule has 6 nitrogen and oxygen atoms in total. The second-order valence-electron chi connectivity index (χ2n) is 8.62. The normalized spacial score (nSPS) is 14.0. The molecular formula is C21H42NO5P. The van der Waals surface area contributed by atoms with E-state index in [4.69, 9.17) is 9.05 Å². The van der Waals surface area contributed by atoms with Crippen LogP contribution < -0.4 is 4.89 Å². The van der Waals surface area contributed by atoms with Gasteiger partial charge in [-0.15, -0.1) is 0 Å². The third kappa shape index (κ3) is 18.8. The van der Waals surface area contributed by atoms with Gasteiger partial charge in [-0.25, -0.2) is 0 Å². The van der Waals surface area contributed by atoms with Crippen molar-refractivity contribution in [2.75, 3.05) is 40.9 Å². The maximum atomic E-state index is 11.6. The average molecular weight is 420 g/mol. The summed E-state index contributed by atoms with van der Waals surface area (Å²) < 4.78 is 22.0. The van der Waals surface area contributed by atoms with Crippen molar-refractivity contribution in [3.05, 3.63) is 12.2 Å². The first-order chi connectivity index (χ1) is 13.0. The van der Waals surface area contributed by atoms with Gasteiger partial charge in [-0.05, 0) is 25.3 Å². The number of quaternary nitrogens is 1. The van der Waals surface area contributed by atoms with Crippen LogP contribution in [0, 0.1) is 0 Å². The second-order valence-corrected chi connectivity index (χ2v) is 10.0. The largest absolute Gasteiger partial charge is 0.756 e. The van der Waals surface area contributed by atoms with Crippen LogP contribution in [0.2, 0.25) is 0 Å². The van der Waals surface area contributed by atoms with Gasteiger partial charge < -0.3 is 18.4 Å². The van der Waals surface area contributed by atoms with E-state index in [0.29, 0.717) is 23.0 Å². The standard InChI is InChI=1S/C21H42NO5P/c1-20(2)21(23)16-14-12-10-8-6-7-9-11-13-15-18-26-28(24,25)27-19-17-22(3,4)5/h1,6-19H2,2-5H3. The molecule has 0 aliphatic heterocycles. The highest BCUT2D eigenvalue weighted by molar-refractivity contribution is 7.45. The van der Waals surface area contributed by atoms with Crippen LogP contribution in [0.25, 0.3) is 0 Å². The lowest BCUT2D eigenvalue weighted by atomic mass is 10.0. The molecule has 0 spiro atoms. The first kappa shape index (κ1) is 27.5. The van der Waals surface area contributed by atoms with Gasteiger partial charge in [0.1, 0.15) is 13.2 Å². The Kier molecular flexibility index (Phi) is 15.1. The van der Waals surface area contributed by atoms with Gasteiger partial charge in [0, 0.05) is 6.42 Å². The van der Waals surface area contributed by atoms with Crippen LogP contribution >= 0.6 is 7.82 Å². The number of phosphoric ester groups is 1. The summed E-state index contributed by atoms with van der Waals surface area (Å²) in [5.74, 6) is 0.188. The van der Waals surface area contributed by atoms with Crippen molar-refractivity contribution in [2.24, 2.45) is 0 Å². The van der Waals surface area contributed by atoms with Crippen LogP contribution in [-0.4, -0.2) is 51.2 Å². The number of phosphoric acid groups is 1. The summed E-state index contributed by atoms with van der Waals surface area (Å²) in [6, 6.07) is 0. The highest BCUT2D eigenvalue weighted by Gasteiger charge is 2.12. The van der Waals surface area contributed by atoms with E-state index in [1.54, 1.807) is 6.92 Å². The fourth-order valence-corrected chi connectivity index (χ4v) is 3.39. The molecule has 0 heterocycles. The number of ketones is 1. The van der Waals surface area contributed by atoms with Gasteiger partial charge in [-0.3, -0.25) is 9.36 Å². The Hall–Kier alpha value is -0.520. The molecule has 0 saturated heterocycles. The van der Waals surface area contributed by atoms with Crippen LogP contribution in [-0.2, 0) is 18.4 Å². The number of carbonyl (C=O) groups is 1. The van der Waals surface area contributed by atoms with E-state index >= 15 is 0 Å². The lowest BCUT2D eigenvalue weighted by Gasteiger charge is -2.27. The molecule has 0 bridgehead atoms. The average Bonchev–Trinajstić information content (AvgIpc) is 2.57. The van der Waals surface area contributed by atoms with E-state index in [-0.39, 0.29) is 19.0 Å². The quantitative estimate of drug-likeness (QED) is 0.132. The second kappa shape index (κ2) is 15.3. The molecule has 0 N–H and O–H groups in total. The van der Waals surface area contributed by atoms with Crippen LogP contribution in [0.3, 0.4) is 0 Å². The molecule has 28 heavy (non-hydrogen) atoms. The molecule has 0 saturated carbocycles. The van der Waals surface area contributed by atoms with Gasteiger partial charge in [0.15, 0.2) is 5.78 Å². The summed E-state index contributed by atoms with van der Waals surface area (Å²) in [6.45, 7) is 6.40. The van der Waals surface area contributed by atoms with E-state index < -0.39 is 7.82 Å². The molecule has 0 aliphatic carbocycles. The lowest BCUT2D eigenvalue weighted by molar-refractivity contribution is -0.870. The molecule has 0 amide bonds. The molecule has 0 radical (unpaired) electrons. The third-order valence-corrected chi connectivity index (χ3v) is 5.53. The summed E-state index contributed by atoms with van der Waals surface area (Å²) in [4.78, 5) is 23.0. The predicted molar refractivity (Wildman–Crippen MR) is 113 cm³/mol. The molecule has 0 rings (SSSR count). The third-order valence-electron chi connectivity index (χ3n) is 4.54. The zero-order valence-corrected chi connectivity index (χ0v) is 19.4. The smallest absolute Gasteiger partial charge is 0.268 e. The SMILES string of the molecule is C=C(C)C(=O)CCCCCCCCCCCCOP(=O)([O-])OCC[N+](C)(C)C. The zero-order valence-electron chi connectivity index (χ0n) is 18.5. The number of allylic oxidation sites excluding steroid dienone is 1. The van der Waals surface area contributed by atoms with Gasteiger partial charge in [-0.2, -0.15) is 0 Å². The minimum atomic E-state index is -4.16. The van der Waals surface area contributed by atoms with Crippen molar-refractivity contribution in [2.45, 2.75) is 77.6 Å². The number of rotatable bonds is 19. The summed E-state index contributed by atoms with van der Waals surface area (Å²) in [6.07, 6.45) is 11.5. The fourth-order valence-electron chi connectivity index (χ4n) is 2.66. The van der Waals surface area contributed by atoms with Crippen molar-refractivity contribution in [1.82, 2.24) is 0 Å². The summed E-state index contributed by atoms with van der Waals surface area (Å²) in [5, 5.41) is 0. The maximum absolute atomic E-state index is 11.6. The number of hydrogen-bond donors (Lipinski definition) is 0. The van der Waals surface area contributed by atoms with Crippen LogP contribution in [0.4, 0.5) is 0 Å². The minimum absolute atomic E-state index is 0.147. The molecular weight excluding hydrogens is 377 g/mol. The summed E-state index contributed by atoms with van der Waals surface area (Å²) >= 11 is 0. The number of carbonyl (C=O) groups excluding carboxylic acids is 1. The number of nitrogens with zero attached hydrogens (tertiary/aromatic N) is 1. The molecule has 1 unspecified atom stereocenters. The van der Waals surface area contributed by atoms with Crippen molar-refractivity contribution >= 4 is 13.6 Å². The van der Waals surface area contributed by atoms with Crippen LogP contribution in [0.5, 0.6) is 0 Å². The number of hydrogen-bond acceptors (Lipinski definition) is 5. The Morgan fingerprint density at radius 1 is 0.857 bits per heavy atom. The summed E-state index contributed by atoms with van der Waals surface area (Å²) in [5.41, 5.74) is 0.663. The molecule has 7 heteroatoms. The first-order valence-corrected chi connectivity index (χ1v) is 12.1. The Bertz CT molecular complexity index is 488. The zero-order chi connectivity index (χ0) is 21.5. The Balaban J connectivity index is 3.40. The van der Waals surface area contributed by atoms with E-state index in [0.717, 1.165) is 32.1 Å². The molecule has 0 aromatic carbocycles. The van der Waals surface area contributed by atoms with E-state index in [2.05, 4.69) is 6.58 Å². The number of unbranched alkanes of at least 4 members (excludes halogenated alkanes) is 9. The number of likely N-dealkylation sites (N-methyl/N-ethyl adjacent to an activating group) is 1. The Morgan fingerprint density at radius 3 is 1.75 bits per heavy atom. The molecule has 0 aromatic rings. The predicted octanol–water partition coefficient (Wildman–Crippen LogP) is 4.63. The van der Waals surface area contributed by atoms with Crippen LogP contribution in [0.15, 0.2) is 12.2 Å². The molecule has 166 valence electrons. The topological polar surface area (TPSA) is 75.7 Å². The Morgan fingerprint density at radius 2 is 1.29 bits per heavy atom. The minimum Gasteiger partial charge on any atom is -0.756 e. The maximum Gasteiger partial charge on any atom is 0.268 e. The molecule has 1 atom stereocenters. The monoisotopic (exact) mass is 419 g/mol. The lowest BCUT2D eigenvalue weighted by Crippen LogP contribution is -2.37. The van der Waals surface area contributed by atoms with Crippen molar-refractivity contribution in [3.63, 3.8) is 0 Å². The Labute approximate surface area is 172 Å². The van der Waals surface area contributed by atoms with Gasteiger partial charge >= 0.3 is 0 Å². The molecule has 0 fully saturated rings.